The Balaban J connectivity index is 4.13. The van der Waals surface area contributed by atoms with Crippen LogP contribution in [0.4, 0.5) is 0 Å². The average Bonchev–Trinajstić information content (AvgIpc) is 2.15. The van der Waals surface area contributed by atoms with Crippen molar-refractivity contribution in [3.05, 3.63) is 11.6 Å². The Labute approximate surface area is 84.3 Å². The van der Waals surface area contributed by atoms with Gasteiger partial charge in [0.05, 0.1) is 7.11 Å². The molecule has 1 N–H and O–H groups in total. The number of ether oxygens (including phenoxy) is 1. The van der Waals surface area contributed by atoms with E-state index in [2.05, 4.69) is 10.1 Å². The fraction of sp³-hybridized carbons (Fsp3) is 0.600. The first-order valence-electron chi connectivity index (χ1n) is 4.56. The van der Waals surface area contributed by atoms with Crippen LogP contribution in [0.1, 0.15) is 27.2 Å². The Morgan fingerprint density at radius 1 is 1.50 bits per heavy atom. The predicted molar refractivity (Wildman–Crippen MR) is 53.7 cm³/mol. The highest BCUT2D eigenvalue weighted by Gasteiger charge is 2.13. The van der Waals surface area contributed by atoms with Gasteiger partial charge in [-0.15, -0.1) is 0 Å². The Morgan fingerprint density at radius 3 is 2.50 bits per heavy atom. The van der Waals surface area contributed by atoms with Crippen molar-refractivity contribution in [1.29, 1.82) is 0 Å². The molecule has 80 valence electrons. The van der Waals surface area contributed by atoms with Gasteiger partial charge in [0.25, 0.3) is 0 Å². The molecule has 1 amide bonds. The Hall–Kier alpha value is -1.32. The molecule has 0 aromatic heterocycles. The van der Waals surface area contributed by atoms with Gasteiger partial charge in [-0.1, -0.05) is 12.5 Å². The molecule has 0 aromatic rings. The Morgan fingerprint density at radius 2 is 2.07 bits per heavy atom. The number of nitrogens with one attached hydrogen (secondary N) is 1. The minimum atomic E-state index is -0.603. The first kappa shape index (κ1) is 12.7. The van der Waals surface area contributed by atoms with Crippen molar-refractivity contribution in [2.24, 2.45) is 0 Å². The lowest BCUT2D eigenvalue weighted by Gasteiger charge is -2.09. The molecule has 0 heterocycles. The largest absolute Gasteiger partial charge is 0.467 e. The van der Waals surface area contributed by atoms with E-state index in [0.29, 0.717) is 0 Å². The topological polar surface area (TPSA) is 55.4 Å². The third kappa shape index (κ3) is 4.64. The highest BCUT2D eigenvalue weighted by atomic mass is 16.5. The second kappa shape index (κ2) is 6.18. The summed E-state index contributed by atoms with van der Waals surface area (Å²) in [6, 6.07) is -0.603. The summed E-state index contributed by atoms with van der Waals surface area (Å²) in [5.41, 5.74) is 0.972. The van der Waals surface area contributed by atoms with Gasteiger partial charge in [-0.3, -0.25) is 4.79 Å². The lowest BCUT2D eigenvalue weighted by Crippen LogP contribution is -2.38. The van der Waals surface area contributed by atoms with E-state index < -0.39 is 12.0 Å². The van der Waals surface area contributed by atoms with E-state index >= 15 is 0 Å². The number of methoxy groups -OCH3 is 1. The maximum atomic E-state index is 11.2. The minimum absolute atomic E-state index is 0.262. The third-order valence-electron chi connectivity index (χ3n) is 1.85. The summed E-state index contributed by atoms with van der Waals surface area (Å²) in [7, 11) is 1.29. The molecule has 14 heavy (non-hydrogen) atoms. The fourth-order valence-electron chi connectivity index (χ4n) is 0.817. The molecular weight excluding hydrogens is 182 g/mol. The van der Waals surface area contributed by atoms with Gasteiger partial charge in [-0.2, -0.15) is 0 Å². The van der Waals surface area contributed by atoms with Crippen LogP contribution < -0.4 is 5.32 Å². The average molecular weight is 199 g/mol. The number of carbonyl (C=O) groups is 2. The highest BCUT2D eigenvalue weighted by molar-refractivity contribution is 5.91. The molecule has 0 aromatic carbocycles. The summed E-state index contributed by atoms with van der Waals surface area (Å²) < 4.78 is 4.47. The van der Waals surface area contributed by atoms with Gasteiger partial charge in [0.2, 0.25) is 5.91 Å². The van der Waals surface area contributed by atoms with Crippen molar-refractivity contribution < 1.29 is 14.3 Å². The lowest BCUT2D eigenvalue weighted by molar-refractivity contribution is -0.144. The first-order valence-corrected chi connectivity index (χ1v) is 4.56. The molecule has 1 unspecified atom stereocenters. The Kier molecular flexibility index (Phi) is 5.60. The number of amides is 1. The second-order valence-electron chi connectivity index (χ2n) is 3.10. The van der Waals surface area contributed by atoms with Gasteiger partial charge in [0, 0.05) is 6.08 Å². The zero-order valence-electron chi connectivity index (χ0n) is 9.09. The second-order valence-corrected chi connectivity index (χ2v) is 3.10. The molecule has 0 saturated carbocycles. The van der Waals surface area contributed by atoms with Gasteiger partial charge in [-0.25, -0.2) is 4.79 Å². The SMILES string of the molecule is CC/C(C)=C/C(=O)NC(C)C(=O)OC. The van der Waals surface area contributed by atoms with Gasteiger partial charge >= 0.3 is 5.97 Å². The molecule has 0 aliphatic heterocycles. The van der Waals surface area contributed by atoms with Crippen molar-refractivity contribution in [3.8, 4) is 0 Å². The van der Waals surface area contributed by atoms with E-state index in [0.717, 1.165) is 12.0 Å². The molecule has 4 nitrogen and oxygen atoms in total. The van der Waals surface area contributed by atoms with Gasteiger partial charge in [0.1, 0.15) is 6.04 Å². The zero-order valence-corrected chi connectivity index (χ0v) is 9.09. The van der Waals surface area contributed by atoms with Crippen LogP contribution in [0.25, 0.3) is 0 Å². The van der Waals surface area contributed by atoms with E-state index in [-0.39, 0.29) is 5.91 Å². The highest BCUT2D eigenvalue weighted by Crippen LogP contribution is 1.97. The summed E-state index contributed by atoms with van der Waals surface area (Å²) in [5, 5.41) is 2.51. The van der Waals surface area contributed by atoms with E-state index in [1.165, 1.54) is 13.2 Å². The lowest BCUT2D eigenvalue weighted by atomic mass is 10.2. The van der Waals surface area contributed by atoms with Crippen LogP contribution in [-0.2, 0) is 14.3 Å². The number of hydrogen-bond donors (Lipinski definition) is 1. The van der Waals surface area contributed by atoms with Crippen molar-refractivity contribution in [2.45, 2.75) is 33.2 Å². The van der Waals surface area contributed by atoms with Gasteiger partial charge in [0.15, 0.2) is 0 Å². The molecule has 0 radical (unpaired) electrons. The number of esters is 1. The molecule has 0 aliphatic carbocycles. The standard InChI is InChI=1S/C10H17NO3/c1-5-7(2)6-9(12)11-8(3)10(13)14-4/h6,8H,5H2,1-4H3,(H,11,12)/b7-6+. The Bertz CT molecular complexity index is 246. The summed E-state index contributed by atoms with van der Waals surface area (Å²) >= 11 is 0. The van der Waals surface area contributed by atoms with E-state index in [1.807, 2.05) is 13.8 Å². The maximum Gasteiger partial charge on any atom is 0.328 e. The molecule has 0 saturated heterocycles. The minimum Gasteiger partial charge on any atom is -0.467 e. The van der Waals surface area contributed by atoms with Crippen LogP contribution in [0.3, 0.4) is 0 Å². The molecule has 0 spiro atoms. The van der Waals surface area contributed by atoms with E-state index in [1.54, 1.807) is 6.92 Å². The van der Waals surface area contributed by atoms with Crippen LogP contribution in [0.5, 0.6) is 0 Å². The number of rotatable bonds is 4. The van der Waals surface area contributed by atoms with Crippen LogP contribution in [0.15, 0.2) is 11.6 Å². The molecule has 0 fully saturated rings. The number of allylic oxidation sites excluding steroid dienone is 1. The van der Waals surface area contributed by atoms with E-state index in [9.17, 15) is 9.59 Å². The summed E-state index contributed by atoms with van der Waals surface area (Å²) in [5.74, 6) is -0.705. The van der Waals surface area contributed by atoms with Crippen molar-refractivity contribution in [3.63, 3.8) is 0 Å². The van der Waals surface area contributed by atoms with Gasteiger partial charge in [-0.05, 0) is 20.3 Å². The summed E-state index contributed by atoms with van der Waals surface area (Å²) in [6.07, 6.45) is 2.31. The molecule has 1 atom stereocenters. The zero-order chi connectivity index (χ0) is 11.1. The van der Waals surface area contributed by atoms with Crippen molar-refractivity contribution in [2.75, 3.05) is 7.11 Å². The summed E-state index contributed by atoms with van der Waals surface area (Å²) in [6.45, 7) is 5.41. The monoisotopic (exact) mass is 199 g/mol. The smallest absolute Gasteiger partial charge is 0.328 e. The molecule has 0 rings (SSSR count). The first-order chi connectivity index (χ1) is 6.51. The molecule has 0 bridgehead atoms. The molecule has 4 heteroatoms. The van der Waals surface area contributed by atoms with Crippen LogP contribution in [0.2, 0.25) is 0 Å². The van der Waals surface area contributed by atoms with Crippen LogP contribution in [-0.4, -0.2) is 25.0 Å². The number of hydrogen-bond acceptors (Lipinski definition) is 3. The maximum absolute atomic E-state index is 11.2. The normalized spacial score (nSPS) is 13.3. The van der Waals surface area contributed by atoms with Gasteiger partial charge < -0.3 is 10.1 Å². The predicted octanol–water partition coefficient (Wildman–Crippen LogP) is 1.02. The van der Waals surface area contributed by atoms with E-state index in [4.69, 9.17) is 0 Å². The van der Waals surface area contributed by atoms with Crippen LogP contribution in [0, 0.1) is 0 Å². The molecule has 0 aliphatic rings. The fourth-order valence-corrected chi connectivity index (χ4v) is 0.817. The quantitative estimate of drug-likeness (QED) is 0.543. The van der Waals surface area contributed by atoms with Crippen molar-refractivity contribution in [1.82, 2.24) is 5.32 Å². The number of carbonyl (C=O) groups excluding carboxylic acids is 2. The summed E-state index contributed by atoms with van der Waals surface area (Å²) in [4.78, 5) is 22.2. The third-order valence-corrected chi connectivity index (χ3v) is 1.85. The molecular formula is C10H17NO3. The van der Waals surface area contributed by atoms with Crippen molar-refractivity contribution >= 4 is 11.9 Å². The van der Waals surface area contributed by atoms with Crippen LogP contribution >= 0.6 is 0 Å².